The lowest BCUT2D eigenvalue weighted by Gasteiger charge is -2.25. The maximum absolute atomic E-state index is 13.3. The van der Waals surface area contributed by atoms with Crippen LogP contribution in [0.25, 0.3) is 0 Å². The third-order valence-electron chi connectivity index (χ3n) is 6.25. The van der Waals surface area contributed by atoms with Crippen LogP contribution in [0.5, 0.6) is 11.5 Å². The summed E-state index contributed by atoms with van der Waals surface area (Å²) in [5.74, 6) is 1.11. The maximum atomic E-state index is 13.3. The smallest absolute Gasteiger partial charge is 0.254 e. The van der Waals surface area contributed by atoms with Gasteiger partial charge in [-0.05, 0) is 60.7 Å². The van der Waals surface area contributed by atoms with Crippen molar-refractivity contribution < 1.29 is 22.7 Å². The van der Waals surface area contributed by atoms with Gasteiger partial charge in [0, 0.05) is 24.7 Å². The lowest BCUT2D eigenvalue weighted by Crippen LogP contribution is -2.37. The fourth-order valence-corrected chi connectivity index (χ4v) is 5.54. The third-order valence-corrected chi connectivity index (χ3v) is 7.65. The molecule has 0 radical (unpaired) electrons. The second kappa shape index (κ2) is 9.48. The number of sulfonamides is 1. The number of carbonyl (C=O) groups excluding carboxylic acids is 1. The van der Waals surface area contributed by atoms with E-state index >= 15 is 0 Å². The lowest BCUT2D eigenvalue weighted by molar-refractivity contribution is 0.0736. The standard InChI is InChI=1S/C26H26N2O5S/c29-26(28-13-5-9-22(28)14-19-6-2-1-3-7-19)21-8-4-10-23(16-21)34(30,31)27-17-20-11-12-24-25(15-20)33-18-32-24/h1-4,6-8,10-12,15-16,22,27H,5,9,13-14,17-18H2. The van der Waals surface area contributed by atoms with Gasteiger partial charge in [0.25, 0.3) is 5.91 Å². The first-order chi connectivity index (χ1) is 16.5. The summed E-state index contributed by atoms with van der Waals surface area (Å²) >= 11 is 0. The Kier molecular flexibility index (Phi) is 6.26. The molecule has 1 fully saturated rings. The number of benzene rings is 3. The van der Waals surface area contributed by atoms with E-state index in [1.165, 1.54) is 17.7 Å². The number of carbonyl (C=O) groups is 1. The Hall–Kier alpha value is -3.36. The van der Waals surface area contributed by atoms with E-state index in [0.29, 0.717) is 23.6 Å². The second-order valence-electron chi connectivity index (χ2n) is 8.52. The number of hydrogen-bond acceptors (Lipinski definition) is 5. The van der Waals surface area contributed by atoms with Crippen molar-refractivity contribution in [1.29, 1.82) is 0 Å². The van der Waals surface area contributed by atoms with Gasteiger partial charge in [-0.2, -0.15) is 0 Å². The molecule has 0 spiro atoms. The van der Waals surface area contributed by atoms with E-state index in [-0.39, 0.29) is 30.2 Å². The van der Waals surface area contributed by atoms with Crippen LogP contribution in [0.1, 0.15) is 34.3 Å². The summed E-state index contributed by atoms with van der Waals surface area (Å²) in [5.41, 5.74) is 2.32. The molecular formula is C26H26N2O5S. The average molecular weight is 479 g/mol. The summed E-state index contributed by atoms with van der Waals surface area (Å²) in [6.45, 7) is 0.937. The summed E-state index contributed by atoms with van der Waals surface area (Å²) in [6, 6.07) is 21.8. The van der Waals surface area contributed by atoms with Crippen molar-refractivity contribution in [3.63, 3.8) is 0 Å². The Morgan fingerprint density at radius 1 is 0.941 bits per heavy atom. The topological polar surface area (TPSA) is 84.9 Å². The van der Waals surface area contributed by atoms with E-state index in [0.717, 1.165) is 24.8 Å². The summed E-state index contributed by atoms with van der Waals surface area (Å²) in [5, 5.41) is 0. The van der Waals surface area contributed by atoms with Crippen LogP contribution in [0.3, 0.4) is 0 Å². The van der Waals surface area contributed by atoms with Gasteiger partial charge < -0.3 is 14.4 Å². The molecule has 34 heavy (non-hydrogen) atoms. The molecule has 0 aromatic heterocycles. The molecule has 0 bridgehead atoms. The summed E-state index contributed by atoms with van der Waals surface area (Å²) in [6.07, 6.45) is 2.68. The fraction of sp³-hybridized carbons (Fsp3) is 0.269. The van der Waals surface area contributed by atoms with Crippen molar-refractivity contribution in [3.8, 4) is 11.5 Å². The lowest BCUT2D eigenvalue weighted by atomic mass is 10.0. The zero-order valence-corrected chi connectivity index (χ0v) is 19.5. The molecule has 0 saturated carbocycles. The van der Waals surface area contributed by atoms with Gasteiger partial charge in [0.05, 0.1) is 4.90 Å². The normalized spacial score (nSPS) is 17.2. The van der Waals surface area contributed by atoms with Crippen molar-refractivity contribution in [3.05, 3.63) is 89.5 Å². The molecule has 7 nitrogen and oxygen atoms in total. The zero-order valence-electron chi connectivity index (χ0n) is 18.6. The predicted molar refractivity (Wildman–Crippen MR) is 127 cm³/mol. The highest BCUT2D eigenvalue weighted by molar-refractivity contribution is 7.89. The molecule has 2 heterocycles. The molecule has 2 aliphatic rings. The molecule has 3 aromatic carbocycles. The van der Waals surface area contributed by atoms with Crippen molar-refractivity contribution in [1.82, 2.24) is 9.62 Å². The van der Waals surface area contributed by atoms with E-state index in [4.69, 9.17) is 9.47 Å². The average Bonchev–Trinajstić information content (AvgIpc) is 3.52. The summed E-state index contributed by atoms with van der Waals surface area (Å²) < 4.78 is 39.1. The minimum atomic E-state index is -3.81. The number of likely N-dealkylation sites (tertiary alicyclic amines) is 1. The number of fused-ring (bicyclic) bond motifs is 1. The predicted octanol–water partition coefficient (Wildman–Crippen LogP) is 3.74. The molecular weight excluding hydrogens is 452 g/mol. The molecule has 1 atom stereocenters. The van der Waals surface area contributed by atoms with Crippen LogP contribution >= 0.6 is 0 Å². The third kappa shape index (κ3) is 4.78. The van der Waals surface area contributed by atoms with Gasteiger partial charge >= 0.3 is 0 Å². The molecule has 5 rings (SSSR count). The monoisotopic (exact) mass is 478 g/mol. The molecule has 176 valence electrons. The van der Waals surface area contributed by atoms with E-state index in [9.17, 15) is 13.2 Å². The highest BCUT2D eigenvalue weighted by atomic mass is 32.2. The highest BCUT2D eigenvalue weighted by Gasteiger charge is 2.30. The number of ether oxygens (including phenoxy) is 2. The Morgan fingerprint density at radius 3 is 2.62 bits per heavy atom. The Bertz CT molecular complexity index is 1290. The number of rotatable bonds is 7. The Labute approximate surface area is 199 Å². The fourth-order valence-electron chi connectivity index (χ4n) is 4.48. The number of nitrogens with zero attached hydrogens (tertiary/aromatic N) is 1. The second-order valence-corrected chi connectivity index (χ2v) is 10.3. The quantitative estimate of drug-likeness (QED) is 0.559. The first-order valence-electron chi connectivity index (χ1n) is 11.3. The Morgan fingerprint density at radius 2 is 1.76 bits per heavy atom. The summed E-state index contributed by atoms with van der Waals surface area (Å²) in [7, 11) is -3.81. The Balaban J connectivity index is 1.28. The number of nitrogens with one attached hydrogen (secondary N) is 1. The first-order valence-corrected chi connectivity index (χ1v) is 12.8. The molecule has 1 amide bonds. The van der Waals surface area contributed by atoms with E-state index in [1.807, 2.05) is 23.1 Å². The van der Waals surface area contributed by atoms with Gasteiger partial charge in [0.2, 0.25) is 16.8 Å². The van der Waals surface area contributed by atoms with Crippen molar-refractivity contribution >= 4 is 15.9 Å². The van der Waals surface area contributed by atoms with Gasteiger partial charge in [-0.1, -0.05) is 42.5 Å². The minimum absolute atomic E-state index is 0.0675. The van der Waals surface area contributed by atoms with Crippen LogP contribution in [0.2, 0.25) is 0 Å². The van der Waals surface area contributed by atoms with E-state index in [1.54, 1.807) is 30.3 Å². The van der Waals surface area contributed by atoms with Crippen LogP contribution in [-0.2, 0) is 23.0 Å². The van der Waals surface area contributed by atoms with Crippen molar-refractivity contribution in [2.24, 2.45) is 0 Å². The van der Waals surface area contributed by atoms with Crippen molar-refractivity contribution in [2.75, 3.05) is 13.3 Å². The van der Waals surface area contributed by atoms with Gasteiger partial charge in [-0.25, -0.2) is 13.1 Å². The van der Waals surface area contributed by atoms with E-state index < -0.39 is 10.0 Å². The van der Waals surface area contributed by atoms with Crippen LogP contribution in [-0.4, -0.2) is 38.6 Å². The SMILES string of the molecule is O=C(c1cccc(S(=O)(=O)NCc2ccc3c(c2)OCO3)c1)N1CCCC1Cc1ccccc1. The highest BCUT2D eigenvalue weighted by Crippen LogP contribution is 2.32. The van der Waals surface area contributed by atoms with Gasteiger partial charge in [0.15, 0.2) is 11.5 Å². The van der Waals surface area contributed by atoms with Crippen molar-refractivity contribution in [2.45, 2.75) is 36.7 Å². The first kappa shape index (κ1) is 22.4. The van der Waals surface area contributed by atoms with Crippen LogP contribution in [0, 0.1) is 0 Å². The number of hydrogen-bond donors (Lipinski definition) is 1. The zero-order chi connectivity index (χ0) is 23.5. The van der Waals surface area contributed by atoms with Gasteiger partial charge in [-0.3, -0.25) is 4.79 Å². The maximum Gasteiger partial charge on any atom is 0.254 e. The van der Waals surface area contributed by atoms with E-state index in [2.05, 4.69) is 16.9 Å². The number of amides is 1. The molecule has 0 aliphatic carbocycles. The molecule has 2 aliphatic heterocycles. The molecule has 1 saturated heterocycles. The molecule has 1 unspecified atom stereocenters. The van der Waals surface area contributed by atoms with Gasteiger partial charge in [0.1, 0.15) is 0 Å². The van der Waals surface area contributed by atoms with Crippen LogP contribution < -0.4 is 14.2 Å². The summed E-state index contributed by atoms with van der Waals surface area (Å²) in [4.78, 5) is 15.2. The molecule has 3 aromatic rings. The van der Waals surface area contributed by atoms with Gasteiger partial charge in [-0.15, -0.1) is 0 Å². The largest absolute Gasteiger partial charge is 0.454 e. The molecule has 1 N–H and O–H groups in total. The molecule has 8 heteroatoms. The minimum Gasteiger partial charge on any atom is -0.454 e. The van der Waals surface area contributed by atoms with Crippen LogP contribution in [0.15, 0.2) is 77.7 Å². The van der Waals surface area contributed by atoms with Crippen LogP contribution in [0.4, 0.5) is 0 Å².